The van der Waals surface area contributed by atoms with Crippen molar-refractivity contribution in [3.8, 4) is 0 Å². The lowest BCUT2D eigenvalue weighted by atomic mass is 9.96. The summed E-state index contributed by atoms with van der Waals surface area (Å²) in [5.41, 5.74) is 3.56. The van der Waals surface area contributed by atoms with Gasteiger partial charge in [0.2, 0.25) is 0 Å². The van der Waals surface area contributed by atoms with Gasteiger partial charge in [-0.25, -0.2) is 0 Å². The number of halogens is 2. The van der Waals surface area contributed by atoms with E-state index in [2.05, 4.69) is 50.9 Å². The number of alkyl halides is 2. The first-order valence-electron chi connectivity index (χ1n) is 4.93. The molecular weight excluding hydrogens is 320 g/mol. The van der Waals surface area contributed by atoms with E-state index in [9.17, 15) is 4.79 Å². The summed E-state index contributed by atoms with van der Waals surface area (Å²) >= 11 is 6.92. The molecule has 1 unspecified atom stereocenters. The Labute approximate surface area is 108 Å². The Hall–Kier alpha value is -0.150. The first kappa shape index (κ1) is 12.9. The fourth-order valence-electron chi connectivity index (χ4n) is 1.62. The van der Waals surface area contributed by atoms with E-state index >= 15 is 0 Å². The summed E-state index contributed by atoms with van der Waals surface area (Å²) in [6.45, 7) is 3.72. The number of aryl methyl sites for hydroxylation is 1. The van der Waals surface area contributed by atoms with Gasteiger partial charge in [0.15, 0.2) is 0 Å². The predicted molar refractivity (Wildman–Crippen MR) is 70.8 cm³/mol. The first-order valence-corrected chi connectivity index (χ1v) is 6.96. The second-order valence-electron chi connectivity index (χ2n) is 3.45. The summed E-state index contributed by atoms with van der Waals surface area (Å²) in [7, 11) is 0. The molecule has 0 bridgehead atoms. The Bertz CT molecular complexity index is 338. The van der Waals surface area contributed by atoms with Gasteiger partial charge in [-0.3, -0.25) is 4.79 Å². The topological polar surface area (TPSA) is 17.1 Å². The van der Waals surface area contributed by atoms with Crippen LogP contribution in [0, 0.1) is 0 Å². The van der Waals surface area contributed by atoms with E-state index in [1.165, 1.54) is 11.1 Å². The van der Waals surface area contributed by atoms with Gasteiger partial charge >= 0.3 is 0 Å². The third-order valence-electron chi connectivity index (χ3n) is 2.42. The molecule has 1 aromatic carbocycles. The third-order valence-corrected chi connectivity index (χ3v) is 4.13. The summed E-state index contributed by atoms with van der Waals surface area (Å²) in [6, 6.07) is 6.18. The summed E-state index contributed by atoms with van der Waals surface area (Å²) in [5, 5.41) is 0.783. The molecule has 0 aliphatic heterocycles. The van der Waals surface area contributed by atoms with E-state index in [-0.39, 0.29) is 10.6 Å². The molecule has 0 saturated carbocycles. The molecule has 82 valence electrons. The molecule has 1 nitrogen and oxygen atoms in total. The van der Waals surface area contributed by atoms with Crippen molar-refractivity contribution in [2.24, 2.45) is 0 Å². The normalized spacial score (nSPS) is 12.5. The van der Waals surface area contributed by atoms with Crippen LogP contribution >= 0.6 is 31.9 Å². The Morgan fingerprint density at radius 1 is 1.40 bits per heavy atom. The Morgan fingerprint density at radius 2 is 2.00 bits per heavy atom. The minimum absolute atomic E-state index is 0.151. The third kappa shape index (κ3) is 2.91. The average molecular weight is 334 g/mol. The number of carbonyl (C=O) groups is 1. The lowest BCUT2D eigenvalue weighted by molar-refractivity contribution is -0.116. The number of benzene rings is 1. The van der Waals surface area contributed by atoms with Gasteiger partial charge in [0.25, 0.3) is 0 Å². The van der Waals surface area contributed by atoms with Gasteiger partial charge in [-0.1, -0.05) is 57.0 Å². The van der Waals surface area contributed by atoms with E-state index in [0.29, 0.717) is 0 Å². The average Bonchev–Trinajstić information content (AvgIpc) is 2.26. The van der Waals surface area contributed by atoms with E-state index < -0.39 is 0 Å². The first-order chi connectivity index (χ1) is 7.11. The van der Waals surface area contributed by atoms with Crippen LogP contribution in [0.25, 0.3) is 0 Å². The molecule has 0 aliphatic rings. The van der Waals surface area contributed by atoms with Gasteiger partial charge in [0.1, 0.15) is 5.78 Å². The summed E-state index contributed by atoms with van der Waals surface area (Å²) < 4.78 is 0. The van der Waals surface area contributed by atoms with E-state index in [1.54, 1.807) is 6.92 Å². The van der Waals surface area contributed by atoms with Gasteiger partial charge < -0.3 is 0 Å². The quantitative estimate of drug-likeness (QED) is 0.756. The number of hydrogen-bond donors (Lipinski definition) is 0. The molecule has 0 N–H and O–H groups in total. The monoisotopic (exact) mass is 332 g/mol. The lowest BCUT2D eigenvalue weighted by Crippen LogP contribution is -2.07. The number of hydrogen-bond acceptors (Lipinski definition) is 1. The molecule has 1 atom stereocenters. The zero-order chi connectivity index (χ0) is 11.4. The van der Waals surface area contributed by atoms with Gasteiger partial charge in [-0.05, 0) is 30.0 Å². The number of carbonyl (C=O) groups excluding carboxylic acids is 1. The van der Waals surface area contributed by atoms with Crippen LogP contribution in [0.5, 0.6) is 0 Å². The number of Topliss-reactive ketones (excluding diaryl/α,β-unsaturated/α-hetero) is 1. The highest BCUT2D eigenvalue weighted by Gasteiger charge is 2.18. The molecule has 1 aromatic rings. The highest BCUT2D eigenvalue weighted by molar-refractivity contribution is 9.09. The molecule has 0 aromatic heterocycles. The maximum Gasteiger partial charge on any atom is 0.147 e. The number of ketones is 1. The van der Waals surface area contributed by atoms with Crippen molar-refractivity contribution in [1.82, 2.24) is 0 Å². The Morgan fingerprint density at radius 3 is 2.47 bits per heavy atom. The molecule has 0 aliphatic carbocycles. The molecule has 0 heterocycles. The Balaban J connectivity index is 3.27. The second-order valence-corrected chi connectivity index (χ2v) is 4.93. The van der Waals surface area contributed by atoms with Crippen molar-refractivity contribution in [3.63, 3.8) is 0 Å². The minimum Gasteiger partial charge on any atom is -0.298 e. The highest BCUT2D eigenvalue weighted by atomic mass is 79.9. The van der Waals surface area contributed by atoms with Crippen LogP contribution < -0.4 is 0 Å². The summed E-state index contributed by atoms with van der Waals surface area (Å²) in [6.07, 6.45) is 0.950. The van der Waals surface area contributed by atoms with Crippen LogP contribution in [0.2, 0.25) is 0 Å². The minimum atomic E-state index is -0.179. The lowest BCUT2D eigenvalue weighted by Gasteiger charge is -2.15. The maximum absolute atomic E-state index is 11.4. The smallest absolute Gasteiger partial charge is 0.147 e. The van der Waals surface area contributed by atoms with Crippen LogP contribution in [0.3, 0.4) is 0 Å². The zero-order valence-corrected chi connectivity index (χ0v) is 12.1. The standard InChI is InChI=1S/C12H14Br2O/c1-3-9-5-4-6-10(7-13)11(9)12(14)8(2)15/h4-6,12H,3,7H2,1-2H3. The van der Waals surface area contributed by atoms with E-state index in [4.69, 9.17) is 0 Å². The van der Waals surface area contributed by atoms with Gasteiger partial charge in [0.05, 0.1) is 4.83 Å². The highest BCUT2D eigenvalue weighted by Crippen LogP contribution is 2.31. The van der Waals surface area contributed by atoms with Crippen molar-refractivity contribution < 1.29 is 4.79 Å². The van der Waals surface area contributed by atoms with Crippen LogP contribution in [-0.2, 0) is 16.5 Å². The molecule has 0 fully saturated rings. The summed E-state index contributed by atoms with van der Waals surface area (Å²) in [4.78, 5) is 11.2. The molecular formula is C12H14Br2O. The zero-order valence-electron chi connectivity index (χ0n) is 8.89. The van der Waals surface area contributed by atoms with Gasteiger partial charge in [-0.15, -0.1) is 0 Å². The second kappa shape index (κ2) is 5.80. The van der Waals surface area contributed by atoms with E-state index in [1.807, 2.05) is 6.07 Å². The van der Waals surface area contributed by atoms with Crippen LogP contribution in [0.1, 0.15) is 35.4 Å². The van der Waals surface area contributed by atoms with Gasteiger partial charge in [-0.2, -0.15) is 0 Å². The fourth-order valence-corrected chi connectivity index (χ4v) is 2.70. The SMILES string of the molecule is CCc1cccc(CBr)c1C(Br)C(C)=O. The van der Waals surface area contributed by atoms with Crippen molar-refractivity contribution in [1.29, 1.82) is 0 Å². The maximum atomic E-state index is 11.4. The molecule has 1 rings (SSSR count). The molecule has 0 radical (unpaired) electrons. The van der Waals surface area contributed by atoms with Crippen molar-refractivity contribution in [2.45, 2.75) is 30.4 Å². The van der Waals surface area contributed by atoms with Crippen LogP contribution in [-0.4, -0.2) is 5.78 Å². The van der Waals surface area contributed by atoms with Crippen molar-refractivity contribution in [2.75, 3.05) is 0 Å². The van der Waals surface area contributed by atoms with Gasteiger partial charge in [0, 0.05) is 5.33 Å². The van der Waals surface area contributed by atoms with E-state index in [0.717, 1.165) is 17.3 Å². The van der Waals surface area contributed by atoms with Crippen molar-refractivity contribution in [3.05, 3.63) is 34.9 Å². The van der Waals surface area contributed by atoms with Crippen molar-refractivity contribution >= 4 is 37.6 Å². The van der Waals surface area contributed by atoms with Crippen LogP contribution in [0.4, 0.5) is 0 Å². The number of rotatable bonds is 4. The van der Waals surface area contributed by atoms with Crippen LogP contribution in [0.15, 0.2) is 18.2 Å². The largest absolute Gasteiger partial charge is 0.298 e. The predicted octanol–water partition coefficient (Wildman–Crippen LogP) is 4.17. The molecule has 3 heteroatoms. The molecule has 0 saturated heterocycles. The fraction of sp³-hybridized carbons (Fsp3) is 0.417. The Kier molecular flexibility index (Phi) is 5.00. The summed E-state index contributed by atoms with van der Waals surface area (Å²) in [5.74, 6) is 0.151. The molecule has 15 heavy (non-hydrogen) atoms. The molecule has 0 amide bonds. The molecule has 0 spiro atoms.